The number of hydrogen-bond acceptors (Lipinski definition) is 6. The smallest absolute Gasteiger partial charge is 0.240 e. The lowest BCUT2D eigenvalue weighted by Crippen LogP contribution is -2.16. The molecule has 0 bridgehead atoms. The molecule has 1 heterocycles. The van der Waals surface area contributed by atoms with Gasteiger partial charge in [0.2, 0.25) is 21.0 Å². The maximum Gasteiger partial charge on any atom is 0.240 e. The molecule has 0 aliphatic heterocycles. The van der Waals surface area contributed by atoms with Crippen LogP contribution in [0.1, 0.15) is 0 Å². The molecule has 0 aliphatic rings. The number of aromatic hydroxyl groups is 1. The van der Waals surface area contributed by atoms with Crippen molar-refractivity contribution in [2.24, 2.45) is 22.4 Å². The predicted octanol–water partition coefficient (Wildman–Crippen LogP) is 3.02. The summed E-state index contributed by atoms with van der Waals surface area (Å²) in [5, 5.41) is 26.7. The largest absolute Gasteiger partial charge is 0.497 e. The van der Waals surface area contributed by atoms with Crippen molar-refractivity contribution in [3.05, 3.63) is 42.5 Å². The molecule has 3 aromatic rings. The number of nitrogens with zero attached hydrogens (tertiary/aromatic N) is 3. The monoisotopic (exact) mass is 419 g/mol. The van der Waals surface area contributed by atoms with E-state index in [0.29, 0.717) is 11.1 Å². The summed E-state index contributed by atoms with van der Waals surface area (Å²) < 4.78 is 30.1. The Morgan fingerprint density at radius 1 is 1.29 bits per heavy atom. The van der Waals surface area contributed by atoms with E-state index in [4.69, 9.17) is 22.1 Å². The third-order valence-corrected chi connectivity index (χ3v) is 5.18. The van der Waals surface area contributed by atoms with Crippen molar-refractivity contribution >= 4 is 49.6 Å². The lowest BCUT2D eigenvalue weighted by Gasteiger charge is -2.08. The second kappa shape index (κ2) is 7.54. The van der Waals surface area contributed by atoms with Gasteiger partial charge in [0.05, 0.1) is 18.3 Å². The fourth-order valence-electron chi connectivity index (χ4n) is 2.67. The second-order valence-electron chi connectivity index (χ2n) is 5.79. The molecule has 28 heavy (non-hydrogen) atoms. The first-order valence-electron chi connectivity index (χ1n) is 7.92. The number of aromatic nitrogens is 1. The predicted molar refractivity (Wildman–Crippen MR) is 110 cm³/mol. The van der Waals surface area contributed by atoms with Crippen LogP contribution >= 0.6 is 12.2 Å². The van der Waals surface area contributed by atoms with Gasteiger partial charge in [-0.1, -0.05) is 12.1 Å². The summed E-state index contributed by atoms with van der Waals surface area (Å²) in [5.74, 6) is 0.497. The number of nitrogens with two attached hydrogens (primary N) is 1. The Kier molecular flexibility index (Phi) is 5.31. The van der Waals surface area contributed by atoms with E-state index in [0.717, 1.165) is 5.52 Å². The van der Waals surface area contributed by atoms with E-state index in [1.807, 2.05) is 0 Å². The molecule has 0 aliphatic carbocycles. The van der Waals surface area contributed by atoms with Gasteiger partial charge in [0.25, 0.3) is 0 Å². The van der Waals surface area contributed by atoms with E-state index in [9.17, 15) is 13.5 Å². The Morgan fingerprint density at radius 2 is 2.00 bits per heavy atom. The number of benzene rings is 2. The number of primary sulfonamides is 1. The van der Waals surface area contributed by atoms with Crippen molar-refractivity contribution in [1.29, 1.82) is 0 Å². The minimum atomic E-state index is -3.94. The Labute approximate surface area is 166 Å². The van der Waals surface area contributed by atoms with Crippen LogP contribution in [0.5, 0.6) is 11.6 Å². The van der Waals surface area contributed by atoms with E-state index in [-0.39, 0.29) is 27.3 Å². The molecule has 0 atom stereocenters. The molecule has 0 unspecified atom stereocenters. The van der Waals surface area contributed by atoms with Gasteiger partial charge in [-0.15, -0.1) is 10.2 Å². The van der Waals surface area contributed by atoms with Gasteiger partial charge in [0.1, 0.15) is 10.6 Å². The molecule has 146 valence electrons. The number of ether oxygens (including phenoxy) is 1. The molecule has 4 N–H and O–H groups in total. The van der Waals surface area contributed by atoms with Gasteiger partial charge >= 0.3 is 0 Å². The van der Waals surface area contributed by atoms with Gasteiger partial charge in [0.15, 0.2) is 5.69 Å². The highest BCUT2D eigenvalue weighted by atomic mass is 32.2. The number of nitrogens with one attached hydrogen (secondary N) is 1. The van der Waals surface area contributed by atoms with Crippen LogP contribution < -0.4 is 15.2 Å². The Morgan fingerprint density at radius 3 is 2.68 bits per heavy atom. The maximum atomic E-state index is 11.7. The number of methoxy groups -OCH3 is 1. The molecule has 0 spiro atoms. The highest BCUT2D eigenvalue weighted by Crippen LogP contribution is 2.39. The lowest BCUT2D eigenvalue weighted by molar-refractivity contribution is 0.415. The quantitative estimate of drug-likeness (QED) is 0.440. The van der Waals surface area contributed by atoms with E-state index in [2.05, 4.69) is 15.5 Å². The van der Waals surface area contributed by atoms with Crippen LogP contribution in [0.25, 0.3) is 10.9 Å². The minimum absolute atomic E-state index is 0.0975. The molecule has 0 saturated carbocycles. The molecule has 0 saturated heterocycles. The zero-order valence-electron chi connectivity index (χ0n) is 14.9. The number of anilines is 1. The van der Waals surface area contributed by atoms with Gasteiger partial charge in [-0.25, -0.2) is 13.6 Å². The van der Waals surface area contributed by atoms with Crippen LogP contribution in [0.2, 0.25) is 0 Å². The van der Waals surface area contributed by atoms with Crippen molar-refractivity contribution in [2.45, 2.75) is 4.90 Å². The number of hydrogen-bond donors (Lipinski definition) is 3. The topological polar surface area (TPSA) is 131 Å². The second-order valence-corrected chi connectivity index (χ2v) is 7.70. The van der Waals surface area contributed by atoms with Gasteiger partial charge < -0.3 is 19.7 Å². The number of thiocarbonyl (C=S) groups is 1. The summed E-state index contributed by atoms with van der Waals surface area (Å²) in [6.45, 7) is 0. The summed E-state index contributed by atoms with van der Waals surface area (Å²) in [6, 6.07) is 11.3. The molecule has 0 amide bonds. The van der Waals surface area contributed by atoms with Gasteiger partial charge in [0, 0.05) is 12.4 Å². The molecule has 9 nitrogen and oxygen atoms in total. The molecule has 3 rings (SSSR count). The summed E-state index contributed by atoms with van der Waals surface area (Å²) in [6.07, 6.45) is 0. The maximum absolute atomic E-state index is 11.7. The zero-order chi connectivity index (χ0) is 20.5. The van der Waals surface area contributed by atoms with Crippen LogP contribution in [0.3, 0.4) is 0 Å². The van der Waals surface area contributed by atoms with Gasteiger partial charge in [-0.2, -0.15) is 0 Å². The summed E-state index contributed by atoms with van der Waals surface area (Å²) >= 11 is 5.12. The average Bonchev–Trinajstić information content (AvgIpc) is 2.89. The van der Waals surface area contributed by atoms with E-state index in [1.54, 1.807) is 35.9 Å². The highest BCUT2D eigenvalue weighted by Gasteiger charge is 2.16. The number of para-hydroxylation sites is 1. The SMILES string of the molecule is COc1ccc2c(c1)c(N=NC(=S)Nc1ccccc1S(N)(=O)=O)c(O)n2C. The number of fused-ring (bicyclic) bond motifs is 1. The lowest BCUT2D eigenvalue weighted by atomic mass is 10.2. The van der Waals surface area contributed by atoms with Crippen LogP contribution in [0, 0.1) is 0 Å². The minimum Gasteiger partial charge on any atom is -0.497 e. The molecule has 0 fully saturated rings. The van der Waals surface area contributed by atoms with Crippen molar-refractivity contribution in [3.63, 3.8) is 0 Å². The average molecular weight is 419 g/mol. The Bertz CT molecular complexity index is 1200. The Balaban J connectivity index is 1.93. The summed E-state index contributed by atoms with van der Waals surface area (Å²) in [5.41, 5.74) is 1.11. The van der Waals surface area contributed by atoms with Crippen LogP contribution in [-0.4, -0.2) is 30.3 Å². The fourth-order valence-corrected chi connectivity index (χ4v) is 3.51. The number of sulfonamides is 1. The van der Waals surface area contributed by atoms with E-state index in [1.165, 1.54) is 25.3 Å². The molecular formula is C17H17N5O4S2. The molecule has 2 aromatic carbocycles. The van der Waals surface area contributed by atoms with Crippen molar-refractivity contribution in [3.8, 4) is 11.6 Å². The van der Waals surface area contributed by atoms with Crippen molar-refractivity contribution < 1.29 is 18.3 Å². The summed E-state index contributed by atoms with van der Waals surface area (Å²) in [7, 11) is -0.720. The first kappa shape index (κ1) is 19.7. The van der Waals surface area contributed by atoms with E-state index >= 15 is 0 Å². The Hall–Kier alpha value is -3.02. The first-order valence-corrected chi connectivity index (χ1v) is 9.87. The number of rotatable bonds is 4. The van der Waals surface area contributed by atoms with Crippen LogP contribution in [0.4, 0.5) is 11.4 Å². The van der Waals surface area contributed by atoms with Crippen molar-refractivity contribution in [2.75, 3.05) is 12.4 Å². The molecular weight excluding hydrogens is 402 g/mol. The summed E-state index contributed by atoms with van der Waals surface area (Å²) in [4.78, 5) is -0.120. The molecule has 1 aromatic heterocycles. The number of aryl methyl sites for hydroxylation is 1. The fraction of sp³-hybridized carbons (Fsp3) is 0.118. The number of azo groups is 1. The van der Waals surface area contributed by atoms with Crippen LogP contribution in [0.15, 0.2) is 57.6 Å². The third kappa shape index (κ3) is 3.81. The van der Waals surface area contributed by atoms with Gasteiger partial charge in [-0.05, 0) is 42.5 Å². The molecule has 0 radical (unpaired) electrons. The van der Waals surface area contributed by atoms with Crippen molar-refractivity contribution in [1.82, 2.24) is 4.57 Å². The first-order chi connectivity index (χ1) is 13.2. The zero-order valence-corrected chi connectivity index (χ0v) is 16.6. The normalized spacial score (nSPS) is 11.8. The highest BCUT2D eigenvalue weighted by molar-refractivity contribution is 7.89. The third-order valence-electron chi connectivity index (χ3n) is 4.03. The standard InChI is InChI=1S/C17H17N5O4S2/c1-22-13-8-7-10(26-2)9-11(13)15(16(22)23)20-21-17(27)19-12-5-3-4-6-14(12)28(18,24)25/h3-9,23H,1-2H3,(H,19,27)(H2,18,24,25). The molecule has 11 heteroatoms. The van der Waals surface area contributed by atoms with Gasteiger partial charge in [-0.3, -0.25) is 0 Å². The van der Waals surface area contributed by atoms with E-state index < -0.39 is 10.0 Å². The van der Waals surface area contributed by atoms with Crippen LogP contribution in [-0.2, 0) is 17.1 Å².